The first-order chi connectivity index (χ1) is 7.86. The Morgan fingerprint density at radius 2 is 1.94 bits per heavy atom. The Hall–Kier alpha value is -1.60. The van der Waals surface area contributed by atoms with Crippen LogP contribution in [0.3, 0.4) is 0 Å². The first kappa shape index (κ1) is 13.5. The highest BCUT2D eigenvalue weighted by Gasteiger charge is 2.18. The molecule has 0 bridgehead atoms. The molecule has 17 heavy (non-hydrogen) atoms. The Morgan fingerprint density at radius 1 is 1.41 bits per heavy atom. The zero-order valence-corrected chi connectivity index (χ0v) is 10.4. The van der Waals surface area contributed by atoms with Gasteiger partial charge in [0.2, 0.25) is 10.0 Å². The summed E-state index contributed by atoms with van der Waals surface area (Å²) in [6.45, 7) is 1.50. The van der Waals surface area contributed by atoms with E-state index in [1.54, 1.807) is 12.1 Å². The summed E-state index contributed by atoms with van der Waals surface area (Å²) in [5.41, 5.74) is 5.20. The minimum atomic E-state index is -3.66. The summed E-state index contributed by atoms with van der Waals surface area (Å²) in [5.74, 6) is 0.339. The summed E-state index contributed by atoms with van der Waals surface area (Å²) < 4.78 is 30.9. The lowest BCUT2D eigenvalue weighted by Gasteiger charge is -2.12. The van der Waals surface area contributed by atoms with E-state index < -0.39 is 16.1 Å². The summed E-state index contributed by atoms with van der Waals surface area (Å²) >= 11 is 0. The molecule has 94 valence electrons. The molecule has 0 aliphatic heterocycles. The highest BCUT2D eigenvalue weighted by atomic mass is 32.2. The Morgan fingerprint density at radius 3 is 2.35 bits per heavy atom. The molecule has 0 radical (unpaired) electrons. The molecule has 0 heterocycles. The summed E-state index contributed by atoms with van der Waals surface area (Å²) in [7, 11) is -2.16. The molecule has 0 aliphatic carbocycles. The van der Waals surface area contributed by atoms with Crippen molar-refractivity contribution in [3.8, 4) is 5.75 Å². The standard InChI is InChI=1S/C10H15N3O3S/c1-7(10(11)12)13-17(14,15)9-5-3-8(16-2)4-6-9/h3-7,13H,1-2H3,(H3,11,12). The molecule has 7 heteroatoms. The molecule has 4 N–H and O–H groups in total. The molecule has 0 spiro atoms. The smallest absolute Gasteiger partial charge is 0.241 e. The van der Waals surface area contributed by atoms with Crippen molar-refractivity contribution < 1.29 is 13.2 Å². The van der Waals surface area contributed by atoms with Crippen molar-refractivity contribution in [1.29, 1.82) is 5.41 Å². The van der Waals surface area contributed by atoms with Gasteiger partial charge in [-0.1, -0.05) is 0 Å². The van der Waals surface area contributed by atoms with Gasteiger partial charge in [-0.3, -0.25) is 5.41 Å². The van der Waals surface area contributed by atoms with Crippen molar-refractivity contribution in [2.24, 2.45) is 5.73 Å². The van der Waals surface area contributed by atoms with Crippen molar-refractivity contribution >= 4 is 15.9 Å². The predicted octanol–water partition coefficient (Wildman–Crippen LogP) is 0.298. The molecule has 1 atom stereocenters. The molecule has 0 saturated heterocycles. The molecule has 1 rings (SSSR count). The number of nitrogens with one attached hydrogen (secondary N) is 2. The van der Waals surface area contributed by atoms with Crippen molar-refractivity contribution in [3.63, 3.8) is 0 Å². The topological polar surface area (TPSA) is 105 Å². The summed E-state index contributed by atoms with van der Waals surface area (Å²) in [6.07, 6.45) is 0. The molecule has 6 nitrogen and oxygen atoms in total. The van der Waals surface area contributed by atoms with Crippen LogP contribution in [-0.2, 0) is 10.0 Å². The molecule has 1 aromatic carbocycles. The average molecular weight is 257 g/mol. The fraction of sp³-hybridized carbons (Fsp3) is 0.300. The average Bonchev–Trinajstić information content (AvgIpc) is 2.28. The van der Waals surface area contributed by atoms with Crippen molar-refractivity contribution in [3.05, 3.63) is 24.3 Å². The van der Waals surface area contributed by atoms with Crippen molar-refractivity contribution in [2.75, 3.05) is 7.11 Å². The van der Waals surface area contributed by atoms with Crippen molar-refractivity contribution in [1.82, 2.24) is 4.72 Å². The summed E-state index contributed by atoms with van der Waals surface area (Å²) in [4.78, 5) is 0.103. The number of hydrogen-bond donors (Lipinski definition) is 3. The van der Waals surface area contributed by atoms with Gasteiger partial charge in [0.1, 0.15) is 11.6 Å². The van der Waals surface area contributed by atoms with Gasteiger partial charge in [0, 0.05) is 0 Å². The van der Waals surface area contributed by atoms with E-state index in [0.29, 0.717) is 5.75 Å². The number of amidine groups is 1. The number of hydrogen-bond acceptors (Lipinski definition) is 4. The number of ether oxygens (including phenoxy) is 1. The molecule has 0 aromatic heterocycles. The van der Waals surface area contributed by atoms with E-state index in [9.17, 15) is 8.42 Å². The lowest BCUT2D eigenvalue weighted by Crippen LogP contribution is -2.41. The van der Waals surface area contributed by atoms with Gasteiger partial charge < -0.3 is 10.5 Å². The largest absolute Gasteiger partial charge is 0.497 e. The quantitative estimate of drug-likeness (QED) is 0.521. The zero-order chi connectivity index (χ0) is 13.1. The Kier molecular flexibility index (Phi) is 4.08. The highest BCUT2D eigenvalue weighted by Crippen LogP contribution is 2.15. The SMILES string of the molecule is COc1ccc(S(=O)(=O)NC(C)C(=N)N)cc1. The maximum Gasteiger partial charge on any atom is 0.241 e. The minimum Gasteiger partial charge on any atom is -0.497 e. The maximum atomic E-state index is 11.8. The highest BCUT2D eigenvalue weighted by molar-refractivity contribution is 7.89. The van der Waals surface area contributed by atoms with Gasteiger partial charge in [-0.25, -0.2) is 13.1 Å². The van der Waals surface area contributed by atoms with Gasteiger partial charge in [0.25, 0.3) is 0 Å². The minimum absolute atomic E-state index is 0.103. The van der Waals surface area contributed by atoms with Crippen LogP contribution in [-0.4, -0.2) is 27.4 Å². The van der Waals surface area contributed by atoms with E-state index in [-0.39, 0.29) is 10.7 Å². The Bertz CT molecular complexity index is 496. The molecule has 0 saturated carbocycles. The number of nitrogens with two attached hydrogens (primary N) is 1. The summed E-state index contributed by atoms with van der Waals surface area (Å²) in [6, 6.07) is 5.21. The third kappa shape index (κ3) is 3.43. The molecule has 0 fully saturated rings. The van der Waals surface area contributed by atoms with Crippen LogP contribution >= 0.6 is 0 Å². The van der Waals surface area contributed by atoms with Gasteiger partial charge in [-0.05, 0) is 31.2 Å². The molecular weight excluding hydrogens is 242 g/mol. The van der Waals surface area contributed by atoms with Crippen LogP contribution < -0.4 is 15.2 Å². The maximum absolute atomic E-state index is 11.8. The Labute approximate surface area is 100 Å². The number of sulfonamides is 1. The normalized spacial score (nSPS) is 13.1. The molecule has 0 aliphatic rings. The van der Waals surface area contributed by atoms with Gasteiger partial charge in [0.15, 0.2) is 0 Å². The van der Waals surface area contributed by atoms with E-state index in [1.165, 1.54) is 26.2 Å². The summed E-state index contributed by atoms with van der Waals surface area (Å²) in [5, 5.41) is 7.14. The second-order valence-electron chi connectivity index (χ2n) is 3.47. The first-order valence-corrected chi connectivity index (χ1v) is 6.35. The fourth-order valence-electron chi connectivity index (χ4n) is 1.12. The van der Waals surface area contributed by atoms with Crippen LogP contribution in [0.1, 0.15) is 6.92 Å². The number of rotatable bonds is 5. The van der Waals surface area contributed by atoms with E-state index >= 15 is 0 Å². The molecule has 0 amide bonds. The van der Waals surface area contributed by atoms with Gasteiger partial charge >= 0.3 is 0 Å². The predicted molar refractivity (Wildman–Crippen MR) is 64.7 cm³/mol. The van der Waals surface area contributed by atoms with Crippen LogP contribution in [0.25, 0.3) is 0 Å². The van der Waals surface area contributed by atoms with Crippen LogP contribution in [0.15, 0.2) is 29.2 Å². The fourth-order valence-corrected chi connectivity index (χ4v) is 2.34. The van der Waals surface area contributed by atoms with Gasteiger partial charge in [0.05, 0.1) is 18.0 Å². The van der Waals surface area contributed by atoms with Crippen LogP contribution in [0.5, 0.6) is 5.75 Å². The monoisotopic (exact) mass is 257 g/mol. The zero-order valence-electron chi connectivity index (χ0n) is 9.60. The number of methoxy groups -OCH3 is 1. The van der Waals surface area contributed by atoms with E-state index in [0.717, 1.165) is 0 Å². The lowest BCUT2D eigenvalue weighted by atomic mass is 10.3. The second kappa shape index (κ2) is 5.15. The van der Waals surface area contributed by atoms with E-state index in [1.807, 2.05) is 0 Å². The molecule has 1 unspecified atom stereocenters. The second-order valence-corrected chi connectivity index (χ2v) is 5.19. The third-order valence-electron chi connectivity index (χ3n) is 2.17. The van der Waals surface area contributed by atoms with Crippen molar-refractivity contribution in [2.45, 2.75) is 17.9 Å². The molecule has 1 aromatic rings. The molecular formula is C10H15N3O3S. The van der Waals surface area contributed by atoms with Crippen LogP contribution in [0.4, 0.5) is 0 Å². The Balaban J connectivity index is 2.93. The lowest BCUT2D eigenvalue weighted by molar-refractivity contribution is 0.414. The van der Waals surface area contributed by atoms with Crippen LogP contribution in [0, 0.1) is 5.41 Å². The van der Waals surface area contributed by atoms with E-state index in [2.05, 4.69) is 4.72 Å². The first-order valence-electron chi connectivity index (χ1n) is 4.87. The third-order valence-corrected chi connectivity index (χ3v) is 3.72. The van der Waals surface area contributed by atoms with Gasteiger partial charge in [-0.15, -0.1) is 0 Å². The van der Waals surface area contributed by atoms with E-state index in [4.69, 9.17) is 15.9 Å². The number of benzene rings is 1. The van der Waals surface area contributed by atoms with Gasteiger partial charge in [-0.2, -0.15) is 0 Å². The van der Waals surface area contributed by atoms with Crippen LogP contribution in [0.2, 0.25) is 0 Å².